The van der Waals surface area contributed by atoms with E-state index in [1.165, 1.54) is 7.11 Å². The van der Waals surface area contributed by atoms with Crippen LogP contribution in [-0.2, 0) is 11.3 Å². The molecule has 2 bridgehead atoms. The molecule has 1 amide bonds. The fourth-order valence-corrected chi connectivity index (χ4v) is 4.20. The van der Waals surface area contributed by atoms with Crippen molar-refractivity contribution in [2.75, 3.05) is 7.11 Å². The average molecular weight is 330 g/mol. The highest BCUT2D eigenvalue weighted by Gasteiger charge is 2.45. The van der Waals surface area contributed by atoms with Crippen molar-refractivity contribution >= 4 is 11.5 Å². The number of rotatable bonds is 2. The fraction of sp³-hybridized carbons (Fsp3) is 0.556. The molecule has 4 heterocycles. The number of aromatic nitrogens is 1. The molecule has 1 aliphatic carbocycles. The Kier molecular flexibility index (Phi) is 3.53. The van der Waals surface area contributed by atoms with Crippen LogP contribution in [0.5, 0.6) is 5.75 Å². The van der Waals surface area contributed by atoms with E-state index in [1.807, 2.05) is 4.90 Å². The van der Waals surface area contributed by atoms with Crippen LogP contribution in [0.25, 0.3) is 5.57 Å². The SMILES string of the molecule is C=C(C)c1cn2c(c(OC)c1=O)C(=O)N1C3CCC(CC3)OC1C2. The van der Waals surface area contributed by atoms with Crippen LogP contribution in [0, 0.1) is 0 Å². The zero-order valence-corrected chi connectivity index (χ0v) is 14.1. The zero-order valence-electron chi connectivity index (χ0n) is 14.1. The van der Waals surface area contributed by atoms with Crippen molar-refractivity contribution in [1.29, 1.82) is 0 Å². The first-order valence-electron chi connectivity index (χ1n) is 8.46. The number of amides is 1. The first kappa shape index (κ1) is 15.4. The van der Waals surface area contributed by atoms with Gasteiger partial charge >= 0.3 is 0 Å². The van der Waals surface area contributed by atoms with Gasteiger partial charge in [-0.15, -0.1) is 0 Å². The van der Waals surface area contributed by atoms with E-state index >= 15 is 0 Å². The third kappa shape index (κ3) is 2.13. The molecule has 0 radical (unpaired) electrons. The van der Waals surface area contributed by atoms with Gasteiger partial charge < -0.3 is 18.9 Å². The smallest absolute Gasteiger partial charge is 0.276 e. The quantitative estimate of drug-likeness (QED) is 0.832. The lowest BCUT2D eigenvalue weighted by Crippen LogP contribution is -2.53. The highest BCUT2D eigenvalue weighted by molar-refractivity contribution is 5.96. The van der Waals surface area contributed by atoms with Crippen LogP contribution in [0.1, 0.15) is 48.7 Å². The van der Waals surface area contributed by atoms with E-state index in [1.54, 1.807) is 17.7 Å². The Balaban J connectivity index is 1.88. The van der Waals surface area contributed by atoms with Crippen molar-refractivity contribution in [3.63, 3.8) is 0 Å². The Hall–Kier alpha value is -2.08. The van der Waals surface area contributed by atoms with Crippen LogP contribution in [0.3, 0.4) is 0 Å². The summed E-state index contributed by atoms with van der Waals surface area (Å²) in [4.78, 5) is 27.7. The number of carbonyl (C=O) groups is 1. The van der Waals surface area contributed by atoms with E-state index in [-0.39, 0.29) is 35.5 Å². The highest BCUT2D eigenvalue weighted by Crippen LogP contribution is 2.37. The number of hydrogen-bond donors (Lipinski definition) is 0. The lowest BCUT2D eigenvalue weighted by molar-refractivity contribution is -0.0799. The van der Waals surface area contributed by atoms with Crippen molar-refractivity contribution in [2.45, 2.75) is 57.5 Å². The maximum absolute atomic E-state index is 13.2. The molecular formula is C18H22N2O4. The number of methoxy groups -OCH3 is 1. The van der Waals surface area contributed by atoms with Gasteiger partial charge in [0.15, 0.2) is 17.7 Å². The van der Waals surface area contributed by atoms with Gasteiger partial charge in [-0.25, -0.2) is 0 Å². The topological polar surface area (TPSA) is 60.8 Å². The second kappa shape index (κ2) is 5.48. The molecule has 1 saturated carbocycles. The standard InChI is InChI=1S/C18H22N2O4/c1-10(2)13-8-19-9-14-20(11-4-6-12(24-14)7-5-11)18(22)15(19)17(23-3)16(13)21/h8,11-12,14H,1,4-7,9H2,2-3H3. The summed E-state index contributed by atoms with van der Waals surface area (Å²) in [6, 6.07) is 0.190. The summed E-state index contributed by atoms with van der Waals surface area (Å²) in [5.41, 5.74) is 1.19. The third-order valence-corrected chi connectivity index (χ3v) is 5.39. The summed E-state index contributed by atoms with van der Waals surface area (Å²) in [5, 5.41) is 0. The van der Waals surface area contributed by atoms with E-state index in [0.717, 1.165) is 25.7 Å². The Morgan fingerprint density at radius 3 is 2.62 bits per heavy atom. The Labute approximate surface area is 140 Å². The summed E-state index contributed by atoms with van der Waals surface area (Å²) in [7, 11) is 1.43. The van der Waals surface area contributed by atoms with Gasteiger partial charge in [0, 0.05) is 17.8 Å². The predicted octanol–water partition coefficient (Wildman–Crippen LogP) is 2.01. The number of fused-ring (bicyclic) bond motifs is 3. The Morgan fingerprint density at radius 2 is 2.00 bits per heavy atom. The van der Waals surface area contributed by atoms with Gasteiger partial charge in [-0.2, -0.15) is 0 Å². The van der Waals surface area contributed by atoms with Crippen LogP contribution < -0.4 is 10.2 Å². The van der Waals surface area contributed by atoms with E-state index in [2.05, 4.69) is 6.58 Å². The largest absolute Gasteiger partial charge is 0.491 e. The van der Waals surface area contributed by atoms with Crippen molar-refractivity contribution in [2.24, 2.45) is 0 Å². The zero-order chi connectivity index (χ0) is 17.0. The maximum Gasteiger partial charge on any atom is 0.276 e. The van der Waals surface area contributed by atoms with Gasteiger partial charge in [0.1, 0.15) is 0 Å². The minimum Gasteiger partial charge on any atom is -0.491 e. The molecule has 1 atom stereocenters. The molecule has 0 spiro atoms. The second-order valence-electron chi connectivity index (χ2n) is 6.92. The van der Waals surface area contributed by atoms with E-state index in [4.69, 9.17) is 9.47 Å². The number of allylic oxidation sites excluding steroid dienone is 1. The third-order valence-electron chi connectivity index (χ3n) is 5.39. The number of ether oxygens (including phenoxy) is 2. The molecule has 4 aliphatic rings. The van der Waals surface area contributed by atoms with Gasteiger partial charge in [-0.3, -0.25) is 9.59 Å². The molecule has 3 fully saturated rings. The molecule has 1 unspecified atom stereocenters. The van der Waals surface area contributed by atoms with E-state index in [9.17, 15) is 9.59 Å². The normalized spacial score (nSPS) is 28.2. The monoisotopic (exact) mass is 330 g/mol. The number of nitrogens with zero attached hydrogens (tertiary/aromatic N) is 2. The average Bonchev–Trinajstić information content (AvgIpc) is 2.84. The summed E-state index contributed by atoms with van der Waals surface area (Å²) in [6.45, 7) is 6.16. The van der Waals surface area contributed by atoms with Crippen LogP contribution in [0.15, 0.2) is 17.6 Å². The molecule has 5 rings (SSSR count). The van der Waals surface area contributed by atoms with Gasteiger partial charge in [-0.1, -0.05) is 6.58 Å². The van der Waals surface area contributed by atoms with Crippen LogP contribution in [-0.4, -0.2) is 40.9 Å². The summed E-state index contributed by atoms with van der Waals surface area (Å²) >= 11 is 0. The van der Waals surface area contributed by atoms with Gasteiger partial charge in [-0.05, 0) is 38.2 Å². The predicted molar refractivity (Wildman–Crippen MR) is 89.0 cm³/mol. The molecule has 6 heteroatoms. The minimum atomic E-state index is -0.275. The van der Waals surface area contributed by atoms with E-state index in [0.29, 0.717) is 23.4 Å². The van der Waals surface area contributed by atoms with Crippen LogP contribution in [0.2, 0.25) is 0 Å². The van der Waals surface area contributed by atoms with Gasteiger partial charge in [0.25, 0.3) is 5.91 Å². The Bertz CT molecular complexity index is 774. The van der Waals surface area contributed by atoms with Crippen molar-refractivity contribution in [3.05, 3.63) is 34.3 Å². The first-order valence-corrected chi connectivity index (χ1v) is 8.46. The van der Waals surface area contributed by atoms with Crippen molar-refractivity contribution in [1.82, 2.24) is 9.47 Å². The van der Waals surface area contributed by atoms with Crippen LogP contribution in [0.4, 0.5) is 0 Å². The molecule has 1 aromatic heterocycles. The van der Waals surface area contributed by atoms with E-state index < -0.39 is 0 Å². The van der Waals surface area contributed by atoms with Crippen LogP contribution >= 0.6 is 0 Å². The molecule has 128 valence electrons. The van der Waals surface area contributed by atoms with Crippen molar-refractivity contribution in [3.8, 4) is 5.75 Å². The summed E-state index contributed by atoms with van der Waals surface area (Å²) in [6.07, 6.45) is 5.59. The first-order chi connectivity index (χ1) is 11.5. The number of carbonyl (C=O) groups excluding carboxylic acids is 1. The minimum absolute atomic E-state index is 0.109. The second-order valence-corrected chi connectivity index (χ2v) is 6.92. The molecule has 6 nitrogen and oxygen atoms in total. The number of pyridine rings is 1. The molecule has 2 saturated heterocycles. The fourth-order valence-electron chi connectivity index (χ4n) is 4.20. The summed E-state index contributed by atoms with van der Waals surface area (Å²) in [5.74, 6) is -0.0567. The number of hydrogen-bond acceptors (Lipinski definition) is 4. The maximum atomic E-state index is 13.2. The molecule has 0 N–H and O–H groups in total. The highest BCUT2D eigenvalue weighted by atomic mass is 16.5. The van der Waals surface area contributed by atoms with Gasteiger partial charge in [0.2, 0.25) is 5.43 Å². The lowest BCUT2D eigenvalue weighted by atomic mass is 9.92. The molecule has 0 aromatic carbocycles. The van der Waals surface area contributed by atoms with Gasteiger partial charge in [0.05, 0.1) is 19.8 Å². The molecular weight excluding hydrogens is 308 g/mol. The molecule has 1 aromatic rings. The summed E-state index contributed by atoms with van der Waals surface area (Å²) < 4.78 is 13.3. The molecule has 3 aliphatic heterocycles. The Morgan fingerprint density at radius 1 is 1.29 bits per heavy atom. The van der Waals surface area contributed by atoms with Crippen molar-refractivity contribution < 1.29 is 14.3 Å². The molecule has 24 heavy (non-hydrogen) atoms. The lowest BCUT2D eigenvalue weighted by Gasteiger charge is -2.39.